The molecule has 0 spiro atoms. The van der Waals surface area contributed by atoms with Crippen LogP contribution in [0.2, 0.25) is 0 Å². The van der Waals surface area contributed by atoms with Crippen LogP contribution in [0, 0.1) is 10.8 Å². The quantitative estimate of drug-likeness (QED) is 0.194. The molecule has 180 valence electrons. The third kappa shape index (κ3) is 6.21. The molecule has 9 nitrogen and oxygen atoms in total. The number of carbonyl (C=O) groups excluding carboxylic acids is 1. The third-order valence-electron chi connectivity index (χ3n) is 5.62. The van der Waals surface area contributed by atoms with Gasteiger partial charge in [0.2, 0.25) is 0 Å². The molecular weight excluding hydrogens is 434 g/mol. The number of hydrogen-bond acceptors (Lipinski definition) is 8. The van der Waals surface area contributed by atoms with E-state index in [1.165, 1.54) is 6.08 Å². The third-order valence-corrected chi connectivity index (χ3v) is 5.62. The number of aliphatic hydroxyl groups is 1. The zero-order valence-electron chi connectivity index (χ0n) is 19.5. The number of benzene rings is 2. The first kappa shape index (κ1) is 24.9. The van der Waals surface area contributed by atoms with E-state index in [9.17, 15) is 9.90 Å². The number of ether oxygens (including phenoxy) is 2. The number of aliphatic hydroxyl groups excluding tert-OH is 1. The molecule has 0 aromatic heterocycles. The van der Waals surface area contributed by atoms with Crippen molar-refractivity contribution < 1.29 is 19.4 Å². The largest absolute Gasteiger partial charge is 0.506 e. The normalized spacial score (nSPS) is 14.6. The van der Waals surface area contributed by atoms with Gasteiger partial charge in [0.25, 0.3) is 5.91 Å². The number of rotatable bonds is 9. The molecule has 5 N–H and O–H groups in total. The minimum Gasteiger partial charge on any atom is -0.506 e. The molecule has 0 bridgehead atoms. The molecule has 2 aromatic rings. The van der Waals surface area contributed by atoms with E-state index in [2.05, 4.69) is 4.90 Å². The van der Waals surface area contributed by atoms with Gasteiger partial charge < -0.3 is 35.5 Å². The first-order valence-corrected chi connectivity index (χ1v) is 11.0. The lowest BCUT2D eigenvalue weighted by Crippen LogP contribution is -2.47. The number of nitrogens with two attached hydrogens (primary N) is 1. The number of anilines is 1. The van der Waals surface area contributed by atoms with Crippen LogP contribution in [0.1, 0.15) is 21.5 Å². The number of hydrogen-bond donors (Lipinski definition) is 4. The number of piperazine rings is 1. The highest BCUT2D eigenvalue weighted by molar-refractivity contribution is 6.17. The van der Waals surface area contributed by atoms with Gasteiger partial charge in [-0.25, -0.2) is 0 Å². The van der Waals surface area contributed by atoms with E-state index in [0.29, 0.717) is 48.7 Å². The Kier molecular flexibility index (Phi) is 8.39. The molecule has 1 amide bonds. The molecular formula is C25H31N5O4. The van der Waals surface area contributed by atoms with E-state index in [-0.39, 0.29) is 28.8 Å². The number of nitrogens with one attached hydrogen (secondary N) is 2. The van der Waals surface area contributed by atoms with Crippen molar-refractivity contribution in [3.8, 4) is 5.75 Å². The van der Waals surface area contributed by atoms with Crippen LogP contribution in [0.15, 0.2) is 54.3 Å². The summed E-state index contributed by atoms with van der Waals surface area (Å²) in [5.41, 5.74) is 7.53. The monoisotopic (exact) mass is 465 g/mol. The summed E-state index contributed by atoms with van der Waals surface area (Å²) < 4.78 is 10.4. The molecule has 9 heteroatoms. The number of amides is 1. The zero-order chi connectivity index (χ0) is 24.7. The van der Waals surface area contributed by atoms with Crippen molar-refractivity contribution in [1.82, 2.24) is 9.80 Å². The second-order valence-electron chi connectivity index (χ2n) is 8.08. The van der Waals surface area contributed by atoms with E-state index in [1.54, 1.807) is 49.6 Å². The van der Waals surface area contributed by atoms with Crippen LogP contribution in [0.25, 0.3) is 0 Å². The standard InChI is InChI=1S/C25H31N5O4/c1-29-9-11-30(12-10-29)25(32)18-5-3-17(4-6-18)21(26)16-23(31)24(28)20-8-7-19(15-22(20)27)34-14-13-33-2/h3-8,15-16,26,28,31H,9-14,27H2,1-2H3/b23-16-,26-21?,28-24?. The lowest BCUT2D eigenvalue weighted by molar-refractivity contribution is 0.0664. The maximum Gasteiger partial charge on any atom is 0.253 e. The number of allylic oxidation sites excluding steroid dienone is 2. The van der Waals surface area contributed by atoms with Crippen molar-refractivity contribution in [1.29, 1.82) is 10.8 Å². The first-order chi connectivity index (χ1) is 16.3. The van der Waals surface area contributed by atoms with E-state index >= 15 is 0 Å². The number of likely N-dealkylation sites (N-methyl/N-ethyl adjacent to an activating group) is 1. The zero-order valence-corrected chi connectivity index (χ0v) is 19.5. The highest BCUT2D eigenvalue weighted by Crippen LogP contribution is 2.22. The topological polar surface area (TPSA) is 136 Å². The van der Waals surface area contributed by atoms with Gasteiger partial charge in [0.15, 0.2) is 0 Å². The highest BCUT2D eigenvalue weighted by atomic mass is 16.5. The highest BCUT2D eigenvalue weighted by Gasteiger charge is 2.20. The molecule has 1 heterocycles. The summed E-state index contributed by atoms with van der Waals surface area (Å²) in [7, 11) is 3.62. The van der Waals surface area contributed by atoms with Crippen molar-refractivity contribution in [3.05, 3.63) is 71.0 Å². The molecule has 0 aliphatic carbocycles. The van der Waals surface area contributed by atoms with Crippen LogP contribution in [0.3, 0.4) is 0 Å². The maximum absolute atomic E-state index is 12.7. The lowest BCUT2D eigenvalue weighted by atomic mass is 10.0. The van der Waals surface area contributed by atoms with Gasteiger partial charge in [0, 0.05) is 62.2 Å². The van der Waals surface area contributed by atoms with Crippen LogP contribution in [0.5, 0.6) is 5.75 Å². The number of nitrogens with zero attached hydrogens (tertiary/aromatic N) is 2. The van der Waals surface area contributed by atoms with Crippen LogP contribution < -0.4 is 10.5 Å². The Bertz CT molecular complexity index is 1070. The predicted octanol–water partition coefficient (Wildman–Crippen LogP) is 2.56. The minimum absolute atomic E-state index is 0.0129. The molecule has 1 fully saturated rings. The first-order valence-electron chi connectivity index (χ1n) is 11.0. The number of methoxy groups -OCH3 is 1. The van der Waals surface area contributed by atoms with Gasteiger partial charge >= 0.3 is 0 Å². The van der Waals surface area contributed by atoms with Crippen LogP contribution in [-0.4, -0.2) is 85.8 Å². The fourth-order valence-electron chi connectivity index (χ4n) is 3.52. The van der Waals surface area contributed by atoms with Gasteiger partial charge in [0.1, 0.15) is 23.8 Å². The Labute approximate surface area is 199 Å². The summed E-state index contributed by atoms with van der Waals surface area (Å²) in [6, 6.07) is 11.5. The molecule has 1 saturated heterocycles. The Hall–Kier alpha value is -3.69. The predicted molar refractivity (Wildman–Crippen MR) is 132 cm³/mol. The fourth-order valence-corrected chi connectivity index (χ4v) is 3.52. The van der Waals surface area contributed by atoms with E-state index in [4.69, 9.17) is 26.0 Å². The Morgan fingerprint density at radius 3 is 2.32 bits per heavy atom. The summed E-state index contributed by atoms with van der Waals surface area (Å²) in [6.45, 7) is 3.88. The summed E-state index contributed by atoms with van der Waals surface area (Å²) >= 11 is 0. The summed E-state index contributed by atoms with van der Waals surface area (Å²) in [6.07, 6.45) is 1.20. The van der Waals surface area contributed by atoms with Crippen molar-refractivity contribution >= 4 is 23.0 Å². The fraction of sp³-hybridized carbons (Fsp3) is 0.320. The van der Waals surface area contributed by atoms with Crippen molar-refractivity contribution in [2.45, 2.75) is 0 Å². The Balaban J connectivity index is 1.65. The molecule has 1 aliphatic rings. The summed E-state index contributed by atoms with van der Waals surface area (Å²) in [5.74, 6) is 0.118. The molecule has 3 rings (SSSR count). The van der Waals surface area contributed by atoms with Gasteiger partial charge in [-0.1, -0.05) is 12.1 Å². The van der Waals surface area contributed by atoms with Gasteiger partial charge in [-0.2, -0.15) is 0 Å². The second-order valence-corrected chi connectivity index (χ2v) is 8.08. The van der Waals surface area contributed by atoms with Gasteiger partial charge in [-0.3, -0.25) is 10.2 Å². The number of carbonyl (C=O) groups is 1. The lowest BCUT2D eigenvalue weighted by Gasteiger charge is -2.32. The summed E-state index contributed by atoms with van der Waals surface area (Å²) in [5, 5.41) is 27.0. The van der Waals surface area contributed by atoms with Crippen molar-refractivity contribution in [2.75, 3.05) is 59.3 Å². The van der Waals surface area contributed by atoms with Crippen LogP contribution >= 0.6 is 0 Å². The summed E-state index contributed by atoms with van der Waals surface area (Å²) in [4.78, 5) is 16.7. The SMILES string of the molecule is COCCOc1ccc(C(=N)/C(O)=C/C(=N)c2ccc(C(=O)N3CCN(C)CC3)cc2)c(N)c1. The average Bonchev–Trinajstić information content (AvgIpc) is 2.84. The van der Waals surface area contributed by atoms with E-state index in [1.807, 2.05) is 11.9 Å². The Morgan fingerprint density at radius 1 is 1.06 bits per heavy atom. The van der Waals surface area contributed by atoms with E-state index in [0.717, 1.165) is 13.1 Å². The van der Waals surface area contributed by atoms with Crippen LogP contribution in [0.4, 0.5) is 5.69 Å². The molecule has 2 aromatic carbocycles. The molecule has 0 radical (unpaired) electrons. The van der Waals surface area contributed by atoms with Crippen molar-refractivity contribution in [2.24, 2.45) is 0 Å². The maximum atomic E-state index is 12.7. The second kappa shape index (κ2) is 11.4. The van der Waals surface area contributed by atoms with Crippen LogP contribution in [-0.2, 0) is 4.74 Å². The number of nitrogen functional groups attached to an aromatic ring is 1. The van der Waals surface area contributed by atoms with E-state index < -0.39 is 0 Å². The van der Waals surface area contributed by atoms with Gasteiger partial charge in [-0.15, -0.1) is 0 Å². The molecule has 0 saturated carbocycles. The Morgan fingerprint density at radius 2 is 1.71 bits per heavy atom. The van der Waals surface area contributed by atoms with Gasteiger partial charge in [0.05, 0.1) is 12.3 Å². The average molecular weight is 466 g/mol. The molecule has 1 aliphatic heterocycles. The molecule has 34 heavy (non-hydrogen) atoms. The minimum atomic E-state index is -0.387. The van der Waals surface area contributed by atoms with Gasteiger partial charge in [-0.05, 0) is 36.9 Å². The van der Waals surface area contributed by atoms with Crippen molar-refractivity contribution in [3.63, 3.8) is 0 Å². The molecule has 0 unspecified atom stereocenters. The molecule has 0 atom stereocenters. The smallest absolute Gasteiger partial charge is 0.253 e.